The Hall–Kier alpha value is -4.40. The van der Waals surface area contributed by atoms with E-state index in [4.69, 9.17) is 4.74 Å². The monoisotopic (exact) mass is 602 g/mol. The number of halogens is 3. The Morgan fingerprint density at radius 2 is 1.86 bits per heavy atom. The fourth-order valence-corrected chi connectivity index (χ4v) is 5.35. The zero-order chi connectivity index (χ0) is 30.7. The first kappa shape index (κ1) is 29.7. The van der Waals surface area contributed by atoms with Crippen molar-refractivity contribution >= 4 is 28.4 Å². The Labute approximate surface area is 253 Å². The van der Waals surface area contributed by atoms with Crippen LogP contribution in [0.2, 0.25) is 0 Å². The van der Waals surface area contributed by atoms with Gasteiger partial charge >= 0.3 is 6.18 Å². The van der Waals surface area contributed by atoms with Crippen LogP contribution in [0.5, 0.6) is 0 Å². The Bertz CT molecular complexity index is 1780. The number of anilines is 3. The van der Waals surface area contributed by atoms with Crippen LogP contribution in [0.15, 0.2) is 59.5 Å². The van der Waals surface area contributed by atoms with Crippen molar-refractivity contribution in [2.24, 2.45) is 5.92 Å². The molecule has 1 saturated carbocycles. The van der Waals surface area contributed by atoms with Crippen molar-refractivity contribution in [2.75, 3.05) is 50.1 Å². The van der Waals surface area contributed by atoms with Crippen LogP contribution in [0.1, 0.15) is 35.1 Å². The molecule has 0 amide bonds. The maximum Gasteiger partial charge on any atom is 0.418 e. The predicted octanol–water partition coefficient (Wildman–Crippen LogP) is 4.96. The minimum absolute atomic E-state index is 0.0816. The quantitative estimate of drug-likeness (QED) is 0.276. The summed E-state index contributed by atoms with van der Waals surface area (Å²) in [5, 5.41) is 6.71. The van der Waals surface area contributed by atoms with E-state index in [1.165, 1.54) is 6.07 Å². The summed E-state index contributed by atoms with van der Waals surface area (Å²) < 4.78 is 49.3. The maximum absolute atomic E-state index is 14.1. The van der Waals surface area contributed by atoms with Crippen molar-refractivity contribution in [3.05, 3.63) is 87.3 Å². The van der Waals surface area contributed by atoms with Gasteiger partial charge in [0.2, 0.25) is 5.95 Å². The molecular formula is C33H33F3N6O2. The summed E-state index contributed by atoms with van der Waals surface area (Å²) in [6.07, 6.45) is -0.234. The number of fused-ring (bicyclic) bond motifs is 1. The second-order valence-corrected chi connectivity index (χ2v) is 11.1. The van der Waals surface area contributed by atoms with Crippen molar-refractivity contribution in [1.29, 1.82) is 0 Å². The Kier molecular flexibility index (Phi) is 8.55. The van der Waals surface area contributed by atoms with E-state index < -0.39 is 11.7 Å². The smallest absolute Gasteiger partial charge is 0.384 e. The van der Waals surface area contributed by atoms with Gasteiger partial charge in [-0.05, 0) is 54.7 Å². The molecule has 2 aromatic heterocycles. The van der Waals surface area contributed by atoms with Gasteiger partial charge in [0.05, 0.1) is 24.3 Å². The second kappa shape index (κ2) is 12.7. The van der Waals surface area contributed by atoms with Gasteiger partial charge in [-0.25, -0.2) is 4.98 Å². The number of nitrogens with one attached hydrogen (secondary N) is 2. The van der Waals surface area contributed by atoms with E-state index in [2.05, 4.69) is 32.4 Å². The summed E-state index contributed by atoms with van der Waals surface area (Å²) in [7, 11) is 1.64. The molecule has 1 aliphatic carbocycles. The number of benzene rings is 2. The number of pyridine rings is 1. The van der Waals surface area contributed by atoms with E-state index in [1.54, 1.807) is 34.9 Å². The molecule has 0 unspecified atom stereocenters. The van der Waals surface area contributed by atoms with Crippen LogP contribution >= 0.6 is 0 Å². The van der Waals surface area contributed by atoms with Crippen molar-refractivity contribution < 1.29 is 17.9 Å². The molecule has 4 aromatic rings. The second-order valence-electron chi connectivity index (χ2n) is 11.1. The highest BCUT2D eigenvalue weighted by Crippen LogP contribution is 2.39. The van der Waals surface area contributed by atoms with Gasteiger partial charge < -0.3 is 20.3 Å². The summed E-state index contributed by atoms with van der Waals surface area (Å²) in [4.78, 5) is 24.5. The first-order valence-electron chi connectivity index (χ1n) is 14.7. The molecule has 1 aliphatic heterocycles. The van der Waals surface area contributed by atoms with Crippen molar-refractivity contribution in [3.8, 4) is 11.8 Å². The normalized spacial score (nSPS) is 15.2. The lowest BCUT2D eigenvalue weighted by Crippen LogP contribution is -2.44. The maximum atomic E-state index is 14.1. The molecule has 2 aliphatic rings. The lowest BCUT2D eigenvalue weighted by atomic mass is 10.0. The van der Waals surface area contributed by atoms with Gasteiger partial charge in [0, 0.05) is 62.2 Å². The molecule has 8 nitrogen and oxygen atoms in total. The number of aromatic nitrogens is 3. The van der Waals surface area contributed by atoms with Crippen LogP contribution in [-0.4, -0.2) is 54.4 Å². The third-order valence-electron chi connectivity index (χ3n) is 7.85. The fourth-order valence-electron chi connectivity index (χ4n) is 5.35. The topological polar surface area (TPSA) is 84.3 Å². The van der Waals surface area contributed by atoms with Crippen LogP contribution in [0.3, 0.4) is 0 Å². The van der Waals surface area contributed by atoms with E-state index in [1.807, 2.05) is 24.3 Å². The summed E-state index contributed by atoms with van der Waals surface area (Å²) in [5.74, 6) is 6.62. The van der Waals surface area contributed by atoms with E-state index in [-0.39, 0.29) is 29.4 Å². The third-order valence-corrected chi connectivity index (χ3v) is 7.85. The molecule has 2 fully saturated rings. The number of methoxy groups -OCH3 is 1. The zero-order valence-corrected chi connectivity index (χ0v) is 24.4. The molecule has 1 saturated heterocycles. The number of hydrogen-bond donors (Lipinski definition) is 2. The molecule has 0 radical (unpaired) electrons. The van der Waals surface area contributed by atoms with Gasteiger partial charge in [-0.15, -0.1) is 0 Å². The number of rotatable bonds is 8. The van der Waals surface area contributed by atoms with Gasteiger partial charge in [0.1, 0.15) is 5.65 Å². The molecule has 3 heterocycles. The molecular weight excluding hydrogens is 569 g/mol. The fraction of sp³-hybridized carbons (Fsp3) is 0.364. The molecule has 2 aromatic carbocycles. The molecule has 0 atom stereocenters. The summed E-state index contributed by atoms with van der Waals surface area (Å²) in [5.41, 5.74) is 2.03. The summed E-state index contributed by atoms with van der Waals surface area (Å²) >= 11 is 0. The first-order valence-corrected chi connectivity index (χ1v) is 14.7. The van der Waals surface area contributed by atoms with Gasteiger partial charge in [-0.2, -0.15) is 18.2 Å². The highest BCUT2D eigenvalue weighted by atomic mass is 19.4. The van der Waals surface area contributed by atoms with Crippen LogP contribution in [0, 0.1) is 17.8 Å². The highest BCUT2D eigenvalue weighted by molar-refractivity contribution is 5.78. The van der Waals surface area contributed by atoms with Gasteiger partial charge in [0.15, 0.2) is 0 Å². The predicted molar refractivity (Wildman–Crippen MR) is 164 cm³/mol. The average Bonchev–Trinajstić information content (AvgIpc) is 3.86. The largest absolute Gasteiger partial charge is 0.418 e. The van der Waals surface area contributed by atoms with E-state index in [9.17, 15) is 18.0 Å². The molecule has 44 heavy (non-hydrogen) atoms. The van der Waals surface area contributed by atoms with Crippen molar-refractivity contribution in [1.82, 2.24) is 19.9 Å². The minimum Gasteiger partial charge on any atom is -0.384 e. The number of ether oxygens (including phenoxy) is 1. The SMILES string of the molecule is COCCc1ccccc1Cn1c(=O)c(C#CC2CC2)cc2cnc(Nc3ccc(N4CCNCC4)c(C(F)(F)F)c3)nc21. The van der Waals surface area contributed by atoms with Crippen LogP contribution in [0.4, 0.5) is 30.5 Å². The standard InChI is InChI=1S/C33H33F3N6O2/c1-44-17-12-23-4-2-3-5-25(23)21-42-30-26(18-24(31(42)43)9-8-22-6-7-22)20-38-32(40-30)39-27-10-11-29(28(19-27)33(34,35)36)41-15-13-37-14-16-41/h2-5,10-11,18-20,22,37H,6-7,12-17,21H2,1H3,(H,38,39,40). The van der Waals surface area contributed by atoms with Crippen LogP contribution in [-0.2, 0) is 23.9 Å². The number of nitrogens with zero attached hydrogens (tertiary/aromatic N) is 4. The van der Waals surface area contributed by atoms with Gasteiger partial charge in [-0.1, -0.05) is 36.1 Å². The Morgan fingerprint density at radius 1 is 1.09 bits per heavy atom. The Balaban J connectivity index is 1.39. The Morgan fingerprint density at radius 3 is 2.59 bits per heavy atom. The van der Waals surface area contributed by atoms with E-state index in [0.29, 0.717) is 61.7 Å². The molecule has 11 heteroatoms. The van der Waals surface area contributed by atoms with E-state index in [0.717, 1.165) is 30.0 Å². The van der Waals surface area contributed by atoms with Gasteiger partial charge in [0.25, 0.3) is 5.56 Å². The third kappa shape index (κ3) is 6.72. The van der Waals surface area contributed by atoms with Crippen molar-refractivity contribution in [3.63, 3.8) is 0 Å². The lowest BCUT2D eigenvalue weighted by molar-refractivity contribution is -0.137. The van der Waals surface area contributed by atoms with Crippen LogP contribution in [0.25, 0.3) is 11.0 Å². The van der Waals surface area contributed by atoms with Gasteiger partial charge in [-0.3, -0.25) is 9.36 Å². The first-order chi connectivity index (χ1) is 21.3. The molecule has 2 N–H and O–H groups in total. The van der Waals surface area contributed by atoms with Crippen LogP contribution < -0.4 is 21.1 Å². The summed E-state index contributed by atoms with van der Waals surface area (Å²) in [6, 6.07) is 13.7. The number of hydrogen-bond acceptors (Lipinski definition) is 7. The molecule has 0 spiro atoms. The average molecular weight is 603 g/mol. The number of alkyl halides is 3. The molecule has 228 valence electrons. The molecule has 6 rings (SSSR count). The van der Waals surface area contributed by atoms with E-state index >= 15 is 0 Å². The summed E-state index contributed by atoms with van der Waals surface area (Å²) in [6.45, 7) is 2.99. The zero-order valence-electron chi connectivity index (χ0n) is 24.4. The minimum atomic E-state index is -4.54. The highest BCUT2D eigenvalue weighted by Gasteiger charge is 2.35. The molecule has 0 bridgehead atoms. The lowest BCUT2D eigenvalue weighted by Gasteiger charge is -2.31. The number of piperazine rings is 1. The van der Waals surface area contributed by atoms with Crippen molar-refractivity contribution in [2.45, 2.75) is 32.0 Å².